The molecular weight excluding hydrogens is 463 g/mol. The fourth-order valence-corrected chi connectivity index (χ4v) is 5.22. The second-order valence-electron chi connectivity index (χ2n) is 8.26. The first-order chi connectivity index (χ1) is 17.0. The van der Waals surface area contributed by atoms with Gasteiger partial charge in [0.2, 0.25) is 11.9 Å². The fraction of sp³-hybridized carbons (Fsp3) is 0.240. The van der Waals surface area contributed by atoms with Crippen LogP contribution in [0.2, 0.25) is 0 Å². The number of aryl methyl sites for hydroxylation is 1. The van der Waals surface area contributed by atoms with Crippen LogP contribution in [0, 0.1) is 12.9 Å². The van der Waals surface area contributed by atoms with Crippen molar-refractivity contribution >= 4 is 27.4 Å². The number of fused-ring (bicyclic) bond motifs is 1. The SMILES string of the molecule is CNC(C)c1cnc(F)cc1-c1cccc2cc(-c3nc(NCCn4ccnn4)ncc3C)sc12. The molecule has 0 fully saturated rings. The van der Waals surface area contributed by atoms with Crippen molar-refractivity contribution in [2.45, 2.75) is 26.4 Å². The minimum absolute atomic E-state index is 0.0306. The summed E-state index contributed by atoms with van der Waals surface area (Å²) in [7, 11) is 1.89. The molecule has 0 aliphatic carbocycles. The molecule has 4 aromatic heterocycles. The van der Waals surface area contributed by atoms with Crippen molar-refractivity contribution in [1.82, 2.24) is 35.3 Å². The van der Waals surface area contributed by atoms with E-state index in [9.17, 15) is 4.39 Å². The number of benzene rings is 1. The minimum Gasteiger partial charge on any atom is -0.352 e. The highest BCUT2D eigenvalue weighted by Crippen LogP contribution is 2.41. The molecule has 178 valence electrons. The number of aromatic nitrogens is 6. The standard InChI is InChI=1S/C25H25FN8S/c1-15-13-30-25(28-7-9-34-10-8-31-33-34)32-23(15)21-11-17-5-4-6-18(24(17)35-21)19-12-22(26)29-14-20(19)16(2)27-3/h4-6,8,10-14,16,27H,7,9H2,1-3H3,(H,28,30,32). The first-order valence-electron chi connectivity index (χ1n) is 11.3. The summed E-state index contributed by atoms with van der Waals surface area (Å²) >= 11 is 1.65. The number of anilines is 1. The number of hydrogen-bond acceptors (Lipinski definition) is 8. The van der Waals surface area contributed by atoms with Crippen molar-refractivity contribution in [1.29, 1.82) is 0 Å². The van der Waals surface area contributed by atoms with E-state index >= 15 is 0 Å². The first-order valence-corrected chi connectivity index (χ1v) is 12.1. The summed E-state index contributed by atoms with van der Waals surface area (Å²) < 4.78 is 17.0. The lowest BCUT2D eigenvalue weighted by molar-refractivity contribution is 0.577. The van der Waals surface area contributed by atoms with E-state index in [4.69, 9.17) is 4.98 Å². The van der Waals surface area contributed by atoms with Gasteiger partial charge in [0.15, 0.2) is 0 Å². The van der Waals surface area contributed by atoms with Gasteiger partial charge in [-0.1, -0.05) is 23.4 Å². The van der Waals surface area contributed by atoms with Gasteiger partial charge in [-0.2, -0.15) is 4.39 Å². The quantitative estimate of drug-likeness (QED) is 0.302. The van der Waals surface area contributed by atoms with Crippen LogP contribution in [-0.4, -0.2) is 43.5 Å². The summed E-state index contributed by atoms with van der Waals surface area (Å²) in [6.45, 7) is 5.34. The zero-order valence-corrected chi connectivity index (χ0v) is 20.5. The molecule has 0 saturated heterocycles. The molecule has 10 heteroatoms. The molecule has 1 aromatic carbocycles. The van der Waals surface area contributed by atoms with Gasteiger partial charge < -0.3 is 10.6 Å². The fourth-order valence-electron chi connectivity index (χ4n) is 3.98. The molecule has 1 unspecified atom stereocenters. The Balaban J connectivity index is 1.51. The number of nitrogens with zero attached hydrogens (tertiary/aromatic N) is 6. The van der Waals surface area contributed by atoms with E-state index in [0.717, 1.165) is 42.9 Å². The van der Waals surface area contributed by atoms with Crippen LogP contribution in [-0.2, 0) is 6.54 Å². The highest BCUT2D eigenvalue weighted by molar-refractivity contribution is 7.22. The molecule has 8 nitrogen and oxygen atoms in total. The normalized spacial score (nSPS) is 12.2. The lowest BCUT2D eigenvalue weighted by Gasteiger charge is -2.16. The van der Waals surface area contributed by atoms with E-state index in [1.807, 2.05) is 45.4 Å². The summed E-state index contributed by atoms with van der Waals surface area (Å²) in [5.41, 5.74) is 4.64. The van der Waals surface area contributed by atoms with Crippen molar-refractivity contribution < 1.29 is 4.39 Å². The number of thiophene rings is 1. The molecule has 0 aliphatic rings. The van der Waals surface area contributed by atoms with Crippen molar-refractivity contribution in [3.05, 3.63) is 72.2 Å². The molecule has 0 aliphatic heterocycles. The first kappa shape index (κ1) is 23.0. The number of nitrogens with one attached hydrogen (secondary N) is 2. The van der Waals surface area contributed by atoms with Crippen LogP contribution in [0.1, 0.15) is 24.1 Å². The molecule has 1 atom stereocenters. The average Bonchev–Trinajstić information content (AvgIpc) is 3.54. The lowest BCUT2D eigenvalue weighted by Crippen LogP contribution is -2.14. The molecule has 0 radical (unpaired) electrons. The molecule has 5 aromatic rings. The van der Waals surface area contributed by atoms with Crippen LogP contribution in [0.3, 0.4) is 0 Å². The summed E-state index contributed by atoms with van der Waals surface area (Å²) in [4.78, 5) is 14.2. The molecule has 0 spiro atoms. The summed E-state index contributed by atoms with van der Waals surface area (Å²) in [6.07, 6.45) is 6.91. The predicted molar refractivity (Wildman–Crippen MR) is 137 cm³/mol. The Hall–Kier alpha value is -3.76. The van der Waals surface area contributed by atoms with E-state index in [1.165, 1.54) is 6.07 Å². The molecule has 0 saturated carbocycles. The van der Waals surface area contributed by atoms with E-state index in [1.54, 1.807) is 28.4 Å². The maximum absolute atomic E-state index is 14.2. The van der Waals surface area contributed by atoms with Gasteiger partial charge in [-0.3, -0.25) is 4.68 Å². The maximum Gasteiger partial charge on any atom is 0.223 e. The van der Waals surface area contributed by atoms with Crippen LogP contribution in [0.4, 0.5) is 10.3 Å². The molecular formula is C25H25FN8S. The van der Waals surface area contributed by atoms with E-state index in [-0.39, 0.29) is 6.04 Å². The molecule has 35 heavy (non-hydrogen) atoms. The zero-order chi connectivity index (χ0) is 24.4. The van der Waals surface area contributed by atoms with Gasteiger partial charge >= 0.3 is 0 Å². The van der Waals surface area contributed by atoms with Crippen LogP contribution < -0.4 is 10.6 Å². The number of halogens is 1. The molecule has 2 N–H and O–H groups in total. The van der Waals surface area contributed by atoms with Crippen molar-refractivity contribution in [3.63, 3.8) is 0 Å². The molecule has 5 rings (SSSR count). The Kier molecular flexibility index (Phi) is 6.47. The third kappa shape index (κ3) is 4.75. The second kappa shape index (κ2) is 9.85. The van der Waals surface area contributed by atoms with Gasteiger partial charge in [-0.05, 0) is 49.0 Å². The lowest BCUT2D eigenvalue weighted by atomic mass is 9.96. The molecule has 4 heterocycles. The third-order valence-electron chi connectivity index (χ3n) is 5.94. The molecule has 0 amide bonds. The Morgan fingerprint density at radius 3 is 2.83 bits per heavy atom. The van der Waals surface area contributed by atoms with Gasteiger partial charge in [0.25, 0.3) is 0 Å². The maximum atomic E-state index is 14.2. The van der Waals surface area contributed by atoms with Gasteiger partial charge in [0, 0.05) is 47.5 Å². The Morgan fingerprint density at radius 2 is 2.03 bits per heavy atom. The Bertz CT molecular complexity index is 1460. The number of pyridine rings is 1. The number of hydrogen-bond donors (Lipinski definition) is 2. The third-order valence-corrected chi connectivity index (χ3v) is 7.13. The Morgan fingerprint density at radius 1 is 1.14 bits per heavy atom. The molecule has 0 bridgehead atoms. The highest BCUT2D eigenvalue weighted by atomic mass is 32.1. The van der Waals surface area contributed by atoms with Crippen LogP contribution in [0.25, 0.3) is 31.8 Å². The zero-order valence-electron chi connectivity index (χ0n) is 19.7. The smallest absolute Gasteiger partial charge is 0.223 e. The van der Waals surface area contributed by atoms with Gasteiger partial charge in [0.05, 0.1) is 23.3 Å². The van der Waals surface area contributed by atoms with Gasteiger partial charge in [-0.25, -0.2) is 15.0 Å². The van der Waals surface area contributed by atoms with E-state index in [2.05, 4.69) is 43.0 Å². The number of rotatable bonds is 8. The van der Waals surface area contributed by atoms with Crippen molar-refractivity contribution in [3.8, 4) is 21.7 Å². The second-order valence-corrected chi connectivity index (χ2v) is 9.31. The van der Waals surface area contributed by atoms with Gasteiger partial charge in [0.1, 0.15) is 0 Å². The topological polar surface area (TPSA) is 93.4 Å². The largest absolute Gasteiger partial charge is 0.352 e. The average molecular weight is 489 g/mol. The highest BCUT2D eigenvalue weighted by Gasteiger charge is 2.18. The van der Waals surface area contributed by atoms with E-state index < -0.39 is 5.95 Å². The Labute approximate surface area is 206 Å². The van der Waals surface area contributed by atoms with Crippen LogP contribution in [0.5, 0.6) is 0 Å². The van der Waals surface area contributed by atoms with Crippen molar-refractivity contribution in [2.24, 2.45) is 0 Å². The van der Waals surface area contributed by atoms with E-state index in [0.29, 0.717) is 19.0 Å². The van der Waals surface area contributed by atoms with Gasteiger partial charge in [-0.15, -0.1) is 16.4 Å². The summed E-state index contributed by atoms with van der Waals surface area (Å²) in [5.74, 6) is 0.0684. The monoisotopic (exact) mass is 488 g/mol. The minimum atomic E-state index is -0.492. The van der Waals surface area contributed by atoms with Crippen LogP contribution >= 0.6 is 11.3 Å². The van der Waals surface area contributed by atoms with Crippen molar-refractivity contribution in [2.75, 3.05) is 18.9 Å². The van der Waals surface area contributed by atoms with Crippen LogP contribution in [0.15, 0.2) is 55.1 Å². The summed E-state index contributed by atoms with van der Waals surface area (Å²) in [5, 5.41) is 15.4. The summed E-state index contributed by atoms with van der Waals surface area (Å²) in [6, 6.07) is 9.80. The predicted octanol–water partition coefficient (Wildman–Crippen LogP) is 4.85.